The summed E-state index contributed by atoms with van der Waals surface area (Å²) >= 11 is 0. The van der Waals surface area contributed by atoms with Crippen molar-refractivity contribution < 1.29 is 14.3 Å². The molecule has 1 heterocycles. The van der Waals surface area contributed by atoms with Crippen LogP contribution in [0, 0.1) is 0 Å². The lowest BCUT2D eigenvalue weighted by molar-refractivity contribution is -0.133. The molecule has 1 aliphatic heterocycles. The maximum absolute atomic E-state index is 12.3. The predicted molar refractivity (Wildman–Crippen MR) is 107 cm³/mol. The number of likely N-dealkylation sites (N-methyl/N-ethyl adjacent to an activating group) is 1. The van der Waals surface area contributed by atoms with E-state index in [0.717, 1.165) is 18.8 Å². The summed E-state index contributed by atoms with van der Waals surface area (Å²) in [5.41, 5.74) is 1.41. The summed E-state index contributed by atoms with van der Waals surface area (Å²) in [4.78, 5) is 27.7. The molecule has 6 heteroatoms. The SMILES string of the molecule is CNC(=O)CN1CCN(C(=O)CCCOc2ccc(C(C)(C)C)cc2)CC1. The van der Waals surface area contributed by atoms with Gasteiger partial charge in [-0.1, -0.05) is 32.9 Å². The third-order valence-corrected chi connectivity index (χ3v) is 4.90. The highest BCUT2D eigenvalue weighted by Gasteiger charge is 2.21. The van der Waals surface area contributed by atoms with Crippen LogP contribution in [-0.4, -0.2) is 68.0 Å². The Morgan fingerprint density at radius 3 is 2.26 bits per heavy atom. The van der Waals surface area contributed by atoms with Crippen molar-refractivity contribution in [1.29, 1.82) is 0 Å². The minimum atomic E-state index is 0.0162. The smallest absolute Gasteiger partial charge is 0.233 e. The van der Waals surface area contributed by atoms with E-state index in [1.54, 1.807) is 7.05 Å². The molecule has 1 aromatic carbocycles. The zero-order valence-electron chi connectivity index (χ0n) is 17.1. The van der Waals surface area contributed by atoms with Gasteiger partial charge in [0.25, 0.3) is 0 Å². The van der Waals surface area contributed by atoms with E-state index in [2.05, 4.69) is 43.1 Å². The van der Waals surface area contributed by atoms with Crippen molar-refractivity contribution in [2.45, 2.75) is 39.0 Å². The predicted octanol–water partition coefficient (Wildman–Crippen LogP) is 2.03. The number of amides is 2. The van der Waals surface area contributed by atoms with Crippen LogP contribution in [0.5, 0.6) is 5.75 Å². The van der Waals surface area contributed by atoms with Crippen molar-refractivity contribution >= 4 is 11.8 Å². The van der Waals surface area contributed by atoms with Crippen LogP contribution in [-0.2, 0) is 15.0 Å². The van der Waals surface area contributed by atoms with Gasteiger partial charge in [-0.3, -0.25) is 14.5 Å². The van der Waals surface area contributed by atoms with Gasteiger partial charge < -0.3 is 15.0 Å². The van der Waals surface area contributed by atoms with Crippen LogP contribution in [0.1, 0.15) is 39.2 Å². The highest BCUT2D eigenvalue weighted by atomic mass is 16.5. The van der Waals surface area contributed by atoms with Crippen molar-refractivity contribution in [2.75, 3.05) is 46.4 Å². The van der Waals surface area contributed by atoms with Gasteiger partial charge >= 0.3 is 0 Å². The molecule has 0 aromatic heterocycles. The standard InChI is InChI=1S/C21H33N3O3/c1-21(2,3)17-7-9-18(10-8-17)27-15-5-6-20(26)24-13-11-23(12-14-24)16-19(25)22-4/h7-10H,5-6,11-16H2,1-4H3,(H,22,25). The Morgan fingerprint density at radius 2 is 1.70 bits per heavy atom. The van der Waals surface area contributed by atoms with E-state index in [9.17, 15) is 9.59 Å². The van der Waals surface area contributed by atoms with E-state index in [4.69, 9.17) is 4.74 Å². The largest absolute Gasteiger partial charge is 0.494 e. The van der Waals surface area contributed by atoms with Crippen LogP contribution in [0.3, 0.4) is 0 Å². The number of hydrogen-bond acceptors (Lipinski definition) is 4. The molecule has 0 bridgehead atoms. The lowest BCUT2D eigenvalue weighted by Gasteiger charge is -2.34. The van der Waals surface area contributed by atoms with Gasteiger partial charge in [0, 0.05) is 39.6 Å². The Labute approximate surface area is 162 Å². The molecule has 1 aromatic rings. The molecule has 0 aliphatic carbocycles. The van der Waals surface area contributed by atoms with Gasteiger partial charge in [0.05, 0.1) is 13.2 Å². The summed E-state index contributed by atoms with van der Waals surface area (Å²) in [6, 6.07) is 8.18. The van der Waals surface area contributed by atoms with E-state index >= 15 is 0 Å². The Morgan fingerprint density at radius 1 is 1.07 bits per heavy atom. The van der Waals surface area contributed by atoms with Crippen LogP contribution >= 0.6 is 0 Å². The Kier molecular flexibility index (Phi) is 7.66. The van der Waals surface area contributed by atoms with E-state index in [0.29, 0.717) is 39.1 Å². The number of piperazine rings is 1. The average Bonchev–Trinajstić information content (AvgIpc) is 2.65. The molecule has 6 nitrogen and oxygen atoms in total. The van der Waals surface area contributed by atoms with E-state index in [-0.39, 0.29) is 17.2 Å². The second-order valence-electron chi connectivity index (χ2n) is 8.06. The van der Waals surface area contributed by atoms with Gasteiger partial charge in [-0.05, 0) is 29.5 Å². The second kappa shape index (κ2) is 9.74. The van der Waals surface area contributed by atoms with Crippen molar-refractivity contribution in [1.82, 2.24) is 15.1 Å². The van der Waals surface area contributed by atoms with Gasteiger partial charge in [-0.15, -0.1) is 0 Å². The summed E-state index contributed by atoms with van der Waals surface area (Å²) in [5, 5.41) is 2.63. The van der Waals surface area contributed by atoms with Crippen LogP contribution in [0.15, 0.2) is 24.3 Å². The zero-order chi connectivity index (χ0) is 19.9. The third kappa shape index (κ3) is 6.86. The van der Waals surface area contributed by atoms with Gasteiger partial charge in [0.15, 0.2) is 0 Å². The quantitative estimate of drug-likeness (QED) is 0.741. The number of rotatable bonds is 7. The molecule has 27 heavy (non-hydrogen) atoms. The van der Waals surface area contributed by atoms with Gasteiger partial charge in [-0.25, -0.2) is 0 Å². The number of carbonyl (C=O) groups excluding carboxylic acids is 2. The topological polar surface area (TPSA) is 61.9 Å². The van der Waals surface area contributed by atoms with E-state index < -0.39 is 0 Å². The fraction of sp³-hybridized carbons (Fsp3) is 0.619. The highest BCUT2D eigenvalue weighted by molar-refractivity contribution is 5.78. The third-order valence-electron chi connectivity index (χ3n) is 4.90. The van der Waals surface area contributed by atoms with Crippen molar-refractivity contribution in [2.24, 2.45) is 0 Å². The Balaban J connectivity index is 1.64. The molecule has 2 rings (SSSR count). The first-order valence-corrected chi connectivity index (χ1v) is 9.73. The maximum Gasteiger partial charge on any atom is 0.233 e. The molecule has 2 amide bonds. The molecular weight excluding hydrogens is 342 g/mol. The van der Waals surface area contributed by atoms with Crippen molar-refractivity contribution in [3.05, 3.63) is 29.8 Å². The van der Waals surface area contributed by atoms with Crippen LogP contribution < -0.4 is 10.1 Å². The lowest BCUT2D eigenvalue weighted by Crippen LogP contribution is -2.50. The minimum absolute atomic E-state index is 0.0162. The molecule has 0 saturated carbocycles. The first kappa shape index (κ1) is 21.2. The molecule has 0 spiro atoms. The minimum Gasteiger partial charge on any atom is -0.494 e. The second-order valence-corrected chi connectivity index (χ2v) is 8.06. The van der Waals surface area contributed by atoms with Gasteiger partial charge in [-0.2, -0.15) is 0 Å². The lowest BCUT2D eigenvalue weighted by atomic mass is 9.87. The highest BCUT2D eigenvalue weighted by Crippen LogP contribution is 2.24. The first-order chi connectivity index (χ1) is 12.8. The summed E-state index contributed by atoms with van der Waals surface area (Å²) in [6.07, 6.45) is 1.20. The monoisotopic (exact) mass is 375 g/mol. The van der Waals surface area contributed by atoms with E-state index in [1.165, 1.54) is 5.56 Å². The number of nitrogens with zero attached hydrogens (tertiary/aromatic N) is 2. The summed E-state index contributed by atoms with van der Waals surface area (Å²) < 4.78 is 5.76. The molecule has 1 aliphatic rings. The van der Waals surface area contributed by atoms with Crippen molar-refractivity contribution in [3.63, 3.8) is 0 Å². The number of nitrogens with one attached hydrogen (secondary N) is 1. The summed E-state index contributed by atoms with van der Waals surface area (Å²) in [5.74, 6) is 1.03. The first-order valence-electron chi connectivity index (χ1n) is 9.73. The summed E-state index contributed by atoms with van der Waals surface area (Å²) in [6.45, 7) is 10.4. The maximum atomic E-state index is 12.3. The van der Waals surface area contributed by atoms with Crippen LogP contribution in [0.25, 0.3) is 0 Å². The van der Waals surface area contributed by atoms with Crippen LogP contribution in [0.4, 0.5) is 0 Å². The normalized spacial score (nSPS) is 15.5. The average molecular weight is 376 g/mol. The Bertz CT molecular complexity index is 615. The van der Waals surface area contributed by atoms with Gasteiger partial charge in [0.1, 0.15) is 5.75 Å². The molecule has 1 N–H and O–H groups in total. The number of benzene rings is 1. The fourth-order valence-electron chi connectivity index (χ4n) is 3.06. The molecule has 0 radical (unpaired) electrons. The fourth-order valence-corrected chi connectivity index (χ4v) is 3.06. The number of carbonyl (C=O) groups is 2. The number of hydrogen-bond donors (Lipinski definition) is 1. The van der Waals surface area contributed by atoms with Crippen LogP contribution in [0.2, 0.25) is 0 Å². The zero-order valence-corrected chi connectivity index (χ0v) is 17.1. The molecule has 0 unspecified atom stereocenters. The molecular formula is C21H33N3O3. The van der Waals surface area contributed by atoms with Crippen molar-refractivity contribution in [3.8, 4) is 5.75 Å². The molecule has 150 valence electrons. The van der Waals surface area contributed by atoms with E-state index in [1.807, 2.05) is 17.0 Å². The summed E-state index contributed by atoms with van der Waals surface area (Å²) in [7, 11) is 1.64. The molecule has 1 saturated heterocycles. The molecule has 0 atom stereocenters. The Hall–Kier alpha value is -2.08. The van der Waals surface area contributed by atoms with Gasteiger partial charge in [0.2, 0.25) is 11.8 Å². The molecule has 1 fully saturated rings. The number of ether oxygens (including phenoxy) is 1.